The topological polar surface area (TPSA) is 9.23 Å². The van der Waals surface area contributed by atoms with Crippen LogP contribution < -0.4 is 4.74 Å². The summed E-state index contributed by atoms with van der Waals surface area (Å²) in [5.41, 5.74) is 0.263. The zero-order valence-corrected chi connectivity index (χ0v) is 11.1. The minimum atomic E-state index is -4.26. The first-order chi connectivity index (χ1) is 8.63. The van der Waals surface area contributed by atoms with Crippen LogP contribution >= 0.6 is 11.6 Å². The van der Waals surface area contributed by atoms with Crippen molar-refractivity contribution in [2.75, 3.05) is 0 Å². The molecule has 0 bridgehead atoms. The van der Waals surface area contributed by atoms with E-state index < -0.39 is 23.3 Å². The molecule has 0 aromatic heterocycles. The van der Waals surface area contributed by atoms with Gasteiger partial charge in [0.2, 0.25) is 0 Å². The number of fused-ring (bicyclic) bond motifs is 1. The Morgan fingerprint density at radius 1 is 1.32 bits per heavy atom. The molecule has 1 aromatic carbocycles. The number of alkyl halides is 5. The summed E-state index contributed by atoms with van der Waals surface area (Å²) >= 11 is 5.49. The summed E-state index contributed by atoms with van der Waals surface area (Å²) in [6.45, 7) is 3.72. The second kappa shape index (κ2) is 4.54. The minimum absolute atomic E-state index is 0.0213. The van der Waals surface area contributed by atoms with Gasteiger partial charge in [-0.1, -0.05) is 12.1 Å². The first kappa shape index (κ1) is 14.4. The Bertz CT molecular complexity index is 488. The molecule has 1 aromatic rings. The van der Waals surface area contributed by atoms with Gasteiger partial charge in [-0.3, -0.25) is 0 Å². The van der Waals surface area contributed by atoms with Gasteiger partial charge >= 0.3 is 12.3 Å². The summed E-state index contributed by atoms with van der Waals surface area (Å²) in [7, 11) is 0. The summed E-state index contributed by atoms with van der Waals surface area (Å²) in [5.74, 6) is -3.68. The molecule has 106 valence electrons. The van der Waals surface area contributed by atoms with Crippen LogP contribution in [-0.4, -0.2) is 17.9 Å². The summed E-state index contributed by atoms with van der Waals surface area (Å²) in [6.07, 6.45) is -3.27. The van der Waals surface area contributed by atoms with Crippen LogP contribution in [0, 0.1) is 0 Å². The van der Waals surface area contributed by atoms with Gasteiger partial charge in [0.15, 0.2) is 0 Å². The molecule has 1 unspecified atom stereocenters. The molecule has 0 amide bonds. The molecule has 1 nitrogen and oxygen atoms in total. The number of halogens is 5. The lowest BCUT2D eigenvalue weighted by atomic mass is 9.98. The molecule has 0 aliphatic carbocycles. The highest BCUT2D eigenvalue weighted by atomic mass is 35.5. The molecule has 0 spiro atoms. The fourth-order valence-corrected chi connectivity index (χ4v) is 2.35. The van der Waals surface area contributed by atoms with Crippen molar-refractivity contribution in [2.45, 2.75) is 43.6 Å². The molecule has 1 heterocycles. The highest BCUT2D eigenvalue weighted by Crippen LogP contribution is 2.44. The average molecular weight is 297 g/mol. The molecule has 19 heavy (non-hydrogen) atoms. The number of hydrogen-bond donors (Lipinski definition) is 0. The quantitative estimate of drug-likeness (QED) is 0.586. The Morgan fingerprint density at radius 3 is 2.53 bits per heavy atom. The molecule has 0 fully saturated rings. The van der Waals surface area contributed by atoms with Gasteiger partial charge in [0.1, 0.15) is 16.7 Å². The third kappa shape index (κ3) is 2.66. The number of rotatable bonds is 3. The van der Waals surface area contributed by atoms with E-state index in [1.165, 1.54) is 18.2 Å². The van der Waals surface area contributed by atoms with Crippen molar-refractivity contribution >= 4 is 11.6 Å². The summed E-state index contributed by atoms with van der Waals surface area (Å²) in [4.78, 5) is 0. The first-order valence-corrected chi connectivity index (χ1v) is 6.19. The molecular formula is C13H13ClF4O. The number of ether oxygens (including phenoxy) is 1. The Morgan fingerprint density at radius 2 is 1.95 bits per heavy atom. The zero-order chi connectivity index (χ0) is 14.4. The Balaban J connectivity index is 2.30. The van der Waals surface area contributed by atoms with E-state index in [9.17, 15) is 17.6 Å². The molecule has 1 aliphatic rings. The largest absolute Gasteiger partial charge is 0.487 e. The Labute approximate surface area is 113 Å². The van der Waals surface area contributed by atoms with Gasteiger partial charge in [-0.05, 0) is 31.0 Å². The van der Waals surface area contributed by atoms with Crippen LogP contribution in [0.4, 0.5) is 17.6 Å². The van der Waals surface area contributed by atoms with Gasteiger partial charge in [-0.2, -0.15) is 8.78 Å². The van der Waals surface area contributed by atoms with Gasteiger partial charge in [0.05, 0.1) is 0 Å². The van der Waals surface area contributed by atoms with E-state index in [-0.39, 0.29) is 5.56 Å². The van der Waals surface area contributed by atoms with Crippen molar-refractivity contribution in [1.82, 2.24) is 0 Å². The maximum Gasteiger partial charge on any atom is 0.327 e. The lowest BCUT2D eigenvalue weighted by molar-refractivity contribution is -0.130. The molecular weight excluding hydrogens is 284 g/mol. The fourth-order valence-electron chi connectivity index (χ4n) is 2.12. The van der Waals surface area contributed by atoms with E-state index in [0.29, 0.717) is 17.7 Å². The first-order valence-electron chi connectivity index (χ1n) is 5.75. The smallest absolute Gasteiger partial charge is 0.327 e. The second-order valence-corrected chi connectivity index (χ2v) is 5.68. The molecule has 0 saturated carbocycles. The molecule has 1 aliphatic heterocycles. The van der Waals surface area contributed by atoms with Gasteiger partial charge in [-0.25, -0.2) is 8.78 Å². The van der Waals surface area contributed by atoms with Gasteiger partial charge in [0, 0.05) is 6.42 Å². The third-order valence-corrected chi connectivity index (χ3v) is 3.55. The number of hydrogen-bond acceptors (Lipinski definition) is 1. The van der Waals surface area contributed by atoms with Crippen LogP contribution in [0.25, 0.3) is 0 Å². The molecule has 6 heteroatoms. The fraction of sp³-hybridized carbons (Fsp3) is 0.538. The molecule has 0 radical (unpaired) electrons. The van der Waals surface area contributed by atoms with Gasteiger partial charge in [-0.15, -0.1) is 11.6 Å². The van der Waals surface area contributed by atoms with Crippen molar-refractivity contribution < 1.29 is 22.3 Å². The highest BCUT2D eigenvalue weighted by Gasteiger charge is 2.49. The van der Waals surface area contributed by atoms with E-state index in [0.717, 1.165) is 0 Å². The van der Waals surface area contributed by atoms with E-state index in [2.05, 4.69) is 0 Å². The monoisotopic (exact) mass is 296 g/mol. The van der Waals surface area contributed by atoms with Crippen LogP contribution in [0.3, 0.4) is 0 Å². The number of benzene rings is 1. The predicted molar refractivity (Wildman–Crippen MR) is 64.4 cm³/mol. The van der Waals surface area contributed by atoms with Gasteiger partial charge < -0.3 is 4.74 Å². The van der Waals surface area contributed by atoms with E-state index >= 15 is 0 Å². The SMILES string of the molecule is CC1(C)Cc2cc(C(Cl)C(F)(F)C(F)F)ccc2O1. The normalized spacial score (nSPS) is 19.2. The van der Waals surface area contributed by atoms with Crippen molar-refractivity contribution in [1.29, 1.82) is 0 Å². The average Bonchev–Trinajstić information content (AvgIpc) is 2.60. The molecule has 0 N–H and O–H groups in total. The van der Waals surface area contributed by atoms with E-state index in [4.69, 9.17) is 16.3 Å². The maximum atomic E-state index is 13.2. The van der Waals surface area contributed by atoms with Crippen molar-refractivity contribution in [3.05, 3.63) is 29.3 Å². The molecule has 2 rings (SSSR count). The predicted octanol–water partition coefficient (Wildman–Crippen LogP) is 4.58. The van der Waals surface area contributed by atoms with Crippen LogP contribution in [-0.2, 0) is 6.42 Å². The maximum absolute atomic E-state index is 13.2. The minimum Gasteiger partial charge on any atom is -0.487 e. The van der Waals surface area contributed by atoms with Crippen molar-refractivity contribution in [3.8, 4) is 5.75 Å². The zero-order valence-electron chi connectivity index (χ0n) is 10.4. The van der Waals surface area contributed by atoms with E-state index in [1.807, 2.05) is 13.8 Å². The van der Waals surface area contributed by atoms with Crippen LogP contribution in [0.5, 0.6) is 5.75 Å². The highest BCUT2D eigenvalue weighted by molar-refractivity contribution is 6.21. The Hall–Kier alpha value is -0.970. The third-order valence-electron chi connectivity index (χ3n) is 3.01. The summed E-state index contributed by atoms with van der Waals surface area (Å²) in [5, 5.41) is -2.05. The summed E-state index contributed by atoms with van der Waals surface area (Å²) in [6, 6.07) is 4.21. The van der Waals surface area contributed by atoms with E-state index in [1.54, 1.807) is 0 Å². The molecule has 0 saturated heterocycles. The second-order valence-electron chi connectivity index (χ2n) is 5.24. The Kier molecular flexibility index (Phi) is 3.45. The molecule has 1 atom stereocenters. The lowest BCUT2D eigenvalue weighted by Crippen LogP contribution is -2.31. The van der Waals surface area contributed by atoms with Crippen molar-refractivity contribution in [3.63, 3.8) is 0 Å². The van der Waals surface area contributed by atoms with Crippen LogP contribution in [0.2, 0.25) is 0 Å². The van der Waals surface area contributed by atoms with Crippen LogP contribution in [0.15, 0.2) is 18.2 Å². The van der Waals surface area contributed by atoms with Crippen molar-refractivity contribution in [2.24, 2.45) is 0 Å². The standard InChI is InChI=1S/C13H13ClF4O/c1-12(2)6-8-5-7(3-4-9(8)19-12)10(14)13(17,18)11(15)16/h3-5,10-11H,6H2,1-2H3. The van der Waals surface area contributed by atoms with Gasteiger partial charge in [0.25, 0.3) is 0 Å². The summed E-state index contributed by atoms with van der Waals surface area (Å²) < 4.78 is 56.6. The van der Waals surface area contributed by atoms with Crippen LogP contribution in [0.1, 0.15) is 30.4 Å². The lowest BCUT2D eigenvalue weighted by Gasteiger charge is -2.21.